The fraction of sp³-hybridized carbons (Fsp3) is 0.286. The molecule has 0 bridgehead atoms. The molecule has 3 heteroatoms. The lowest BCUT2D eigenvalue weighted by atomic mass is 10.0. The van der Waals surface area contributed by atoms with Crippen molar-refractivity contribution >= 4 is 16.9 Å². The number of carboxylic acid groups (broad SMARTS) is 1. The summed E-state index contributed by atoms with van der Waals surface area (Å²) in [6, 6.07) is 7.37. The summed E-state index contributed by atoms with van der Waals surface area (Å²) < 4.78 is 0. The van der Waals surface area contributed by atoms with Crippen LogP contribution in [0.5, 0.6) is 0 Å². The number of nitrogens with zero attached hydrogens (tertiary/aromatic N) is 1. The smallest absolute Gasteiger partial charge is 0.336 e. The Morgan fingerprint density at radius 1 is 1.29 bits per heavy atom. The molecule has 0 amide bonds. The summed E-state index contributed by atoms with van der Waals surface area (Å²) in [7, 11) is 0. The first-order valence-electron chi connectivity index (χ1n) is 5.63. The molecule has 0 aliphatic rings. The Hall–Kier alpha value is -1.90. The third-order valence-electron chi connectivity index (χ3n) is 2.81. The molecule has 3 nitrogen and oxygen atoms in total. The van der Waals surface area contributed by atoms with Gasteiger partial charge in [0, 0.05) is 11.1 Å². The molecule has 2 aromatic rings. The van der Waals surface area contributed by atoms with Crippen molar-refractivity contribution in [1.82, 2.24) is 4.98 Å². The first-order chi connectivity index (χ1) is 7.99. The molecule has 17 heavy (non-hydrogen) atoms. The van der Waals surface area contributed by atoms with Crippen molar-refractivity contribution in [2.24, 2.45) is 0 Å². The zero-order valence-corrected chi connectivity index (χ0v) is 10.2. The molecule has 0 radical (unpaired) electrons. The van der Waals surface area contributed by atoms with E-state index in [4.69, 9.17) is 0 Å². The molecule has 1 aromatic carbocycles. The fourth-order valence-corrected chi connectivity index (χ4v) is 1.83. The molecule has 1 aromatic heterocycles. The van der Waals surface area contributed by atoms with Gasteiger partial charge < -0.3 is 5.11 Å². The molecule has 0 saturated carbocycles. The highest BCUT2D eigenvalue weighted by Crippen LogP contribution is 2.23. The third kappa shape index (κ3) is 2.13. The number of hydrogen-bond donors (Lipinski definition) is 1. The van der Waals surface area contributed by atoms with E-state index in [1.807, 2.05) is 39.0 Å². The van der Waals surface area contributed by atoms with Gasteiger partial charge in [-0.15, -0.1) is 0 Å². The van der Waals surface area contributed by atoms with Gasteiger partial charge in [-0.2, -0.15) is 0 Å². The Kier molecular flexibility index (Phi) is 2.84. The summed E-state index contributed by atoms with van der Waals surface area (Å²) in [5.74, 6) is -0.677. The van der Waals surface area contributed by atoms with Crippen LogP contribution in [0.25, 0.3) is 10.9 Å². The quantitative estimate of drug-likeness (QED) is 0.859. The van der Waals surface area contributed by atoms with E-state index in [1.54, 1.807) is 6.07 Å². The average Bonchev–Trinajstić information content (AvgIpc) is 2.27. The van der Waals surface area contributed by atoms with Crippen LogP contribution in [0, 0.1) is 6.92 Å². The largest absolute Gasteiger partial charge is 0.478 e. The molecule has 0 atom stereocenters. The van der Waals surface area contributed by atoms with Crippen LogP contribution in [-0.4, -0.2) is 16.1 Å². The molecule has 88 valence electrons. The van der Waals surface area contributed by atoms with Crippen LogP contribution in [-0.2, 0) is 0 Å². The number of hydrogen-bond acceptors (Lipinski definition) is 2. The highest BCUT2D eigenvalue weighted by atomic mass is 16.4. The van der Waals surface area contributed by atoms with E-state index in [0.717, 1.165) is 16.8 Å². The van der Waals surface area contributed by atoms with Crippen LogP contribution in [0.3, 0.4) is 0 Å². The van der Waals surface area contributed by atoms with Crippen molar-refractivity contribution in [3.8, 4) is 0 Å². The zero-order valence-electron chi connectivity index (χ0n) is 10.2. The normalized spacial score (nSPS) is 11.1. The van der Waals surface area contributed by atoms with Gasteiger partial charge in [-0.25, -0.2) is 4.79 Å². The van der Waals surface area contributed by atoms with Crippen molar-refractivity contribution < 1.29 is 9.90 Å². The molecule has 0 spiro atoms. The van der Waals surface area contributed by atoms with Gasteiger partial charge in [0.15, 0.2) is 0 Å². The van der Waals surface area contributed by atoms with Crippen molar-refractivity contribution in [2.45, 2.75) is 26.7 Å². The predicted molar refractivity (Wildman–Crippen MR) is 67.5 cm³/mol. The minimum atomic E-state index is -0.898. The molecule has 0 aliphatic carbocycles. The number of fused-ring (bicyclic) bond motifs is 1. The van der Waals surface area contributed by atoms with E-state index in [-0.39, 0.29) is 5.92 Å². The molecule has 1 N–H and O–H groups in total. The van der Waals surface area contributed by atoms with Crippen LogP contribution in [0.4, 0.5) is 0 Å². The van der Waals surface area contributed by atoms with Crippen molar-refractivity contribution in [3.05, 3.63) is 41.1 Å². The Labute approximate surface area is 100 Å². The lowest BCUT2D eigenvalue weighted by Crippen LogP contribution is -2.03. The van der Waals surface area contributed by atoms with Crippen LogP contribution in [0.2, 0.25) is 0 Å². The maximum atomic E-state index is 11.3. The summed E-state index contributed by atoms with van der Waals surface area (Å²) in [6.45, 7) is 5.96. The average molecular weight is 229 g/mol. The summed E-state index contributed by atoms with van der Waals surface area (Å²) in [5.41, 5.74) is 2.94. The van der Waals surface area contributed by atoms with Gasteiger partial charge in [-0.05, 0) is 31.0 Å². The van der Waals surface area contributed by atoms with Crippen molar-refractivity contribution in [2.75, 3.05) is 0 Å². The number of aromatic carboxylic acids is 1. The summed E-state index contributed by atoms with van der Waals surface area (Å²) in [6.07, 6.45) is 0. The second kappa shape index (κ2) is 4.17. The first kappa shape index (κ1) is 11.6. The summed E-state index contributed by atoms with van der Waals surface area (Å²) >= 11 is 0. The van der Waals surface area contributed by atoms with E-state index in [2.05, 4.69) is 4.98 Å². The molecule has 1 heterocycles. The van der Waals surface area contributed by atoms with Gasteiger partial charge >= 0.3 is 5.97 Å². The highest BCUT2D eigenvalue weighted by molar-refractivity contribution is 6.02. The molecule has 0 unspecified atom stereocenters. The number of rotatable bonds is 2. The Morgan fingerprint density at radius 2 is 2.00 bits per heavy atom. The van der Waals surface area contributed by atoms with Crippen LogP contribution in [0.15, 0.2) is 24.3 Å². The highest BCUT2D eigenvalue weighted by Gasteiger charge is 2.13. The summed E-state index contributed by atoms with van der Waals surface area (Å²) in [5, 5.41) is 9.96. The van der Waals surface area contributed by atoms with E-state index in [9.17, 15) is 9.90 Å². The molecular weight excluding hydrogens is 214 g/mol. The number of carboxylic acids is 1. The predicted octanol–water partition coefficient (Wildman–Crippen LogP) is 3.36. The second-order valence-corrected chi connectivity index (χ2v) is 4.58. The van der Waals surface area contributed by atoms with Gasteiger partial charge in [0.1, 0.15) is 0 Å². The van der Waals surface area contributed by atoms with Crippen molar-refractivity contribution in [3.63, 3.8) is 0 Å². The maximum Gasteiger partial charge on any atom is 0.336 e. The second-order valence-electron chi connectivity index (χ2n) is 4.58. The lowest BCUT2D eigenvalue weighted by Gasteiger charge is -2.09. The number of carbonyl (C=O) groups is 1. The van der Waals surface area contributed by atoms with E-state index >= 15 is 0 Å². The number of pyridine rings is 1. The number of aryl methyl sites for hydroxylation is 1. The molecule has 2 rings (SSSR count). The van der Waals surface area contributed by atoms with Crippen molar-refractivity contribution in [1.29, 1.82) is 0 Å². The van der Waals surface area contributed by atoms with Gasteiger partial charge in [0.05, 0.1) is 11.1 Å². The van der Waals surface area contributed by atoms with E-state index in [0.29, 0.717) is 10.9 Å². The van der Waals surface area contributed by atoms with E-state index in [1.165, 1.54) is 0 Å². The lowest BCUT2D eigenvalue weighted by molar-refractivity contribution is 0.0699. The Balaban J connectivity index is 2.81. The van der Waals surface area contributed by atoms with Crippen LogP contribution < -0.4 is 0 Å². The van der Waals surface area contributed by atoms with Crippen LogP contribution in [0.1, 0.15) is 41.4 Å². The third-order valence-corrected chi connectivity index (χ3v) is 2.81. The van der Waals surface area contributed by atoms with Gasteiger partial charge in [0.2, 0.25) is 0 Å². The molecular formula is C14H15NO2. The van der Waals surface area contributed by atoms with Crippen LogP contribution >= 0.6 is 0 Å². The maximum absolute atomic E-state index is 11.3. The topological polar surface area (TPSA) is 50.2 Å². The summed E-state index contributed by atoms with van der Waals surface area (Å²) in [4.78, 5) is 15.8. The molecule has 0 fully saturated rings. The number of aromatic nitrogens is 1. The molecule has 0 saturated heterocycles. The monoisotopic (exact) mass is 229 g/mol. The minimum Gasteiger partial charge on any atom is -0.478 e. The Bertz CT molecular complexity index is 588. The van der Waals surface area contributed by atoms with Gasteiger partial charge in [-0.1, -0.05) is 25.5 Å². The minimum absolute atomic E-state index is 0.221. The SMILES string of the molecule is Cc1ccc2nc(C(C)C)cc(C(=O)O)c2c1. The Morgan fingerprint density at radius 3 is 2.59 bits per heavy atom. The zero-order chi connectivity index (χ0) is 12.6. The first-order valence-corrected chi connectivity index (χ1v) is 5.63. The number of benzene rings is 1. The standard InChI is InChI=1S/C14H15NO2/c1-8(2)13-7-11(14(16)17)10-6-9(3)4-5-12(10)15-13/h4-8H,1-3H3,(H,16,17). The fourth-order valence-electron chi connectivity index (χ4n) is 1.83. The van der Waals surface area contributed by atoms with E-state index < -0.39 is 5.97 Å². The van der Waals surface area contributed by atoms with Gasteiger partial charge in [0.25, 0.3) is 0 Å². The molecule has 0 aliphatic heterocycles. The van der Waals surface area contributed by atoms with Gasteiger partial charge in [-0.3, -0.25) is 4.98 Å².